The van der Waals surface area contributed by atoms with E-state index < -0.39 is 0 Å². The first kappa shape index (κ1) is 13.1. The van der Waals surface area contributed by atoms with Gasteiger partial charge in [0.2, 0.25) is 5.95 Å². The molecule has 2 saturated heterocycles. The molecule has 0 bridgehead atoms. The van der Waals surface area contributed by atoms with Crippen LogP contribution in [0.5, 0.6) is 0 Å². The van der Waals surface area contributed by atoms with E-state index in [1.807, 2.05) is 0 Å². The summed E-state index contributed by atoms with van der Waals surface area (Å²) in [7, 11) is 0. The molecule has 5 heteroatoms. The quantitative estimate of drug-likeness (QED) is 0.848. The van der Waals surface area contributed by atoms with Crippen LogP contribution >= 0.6 is 0 Å². The molecule has 0 saturated carbocycles. The molecule has 2 aliphatic rings. The molecule has 4 rings (SSSR count). The summed E-state index contributed by atoms with van der Waals surface area (Å²) in [5, 5.41) is 3.54. The van der Waals surface area contributed by atoms with E-state index in [1.54, 1.807) is 6.07 Å². The predicted molar refractivity (Wildman–Crippen MR) is 82.0 cm³/mol. The summed E-state index contributed by atoms with van der Waals surface area (Å²) in [6.07, 6.45) is 5.06. The first-order chi connectivity index (χ1) is 10.2. The van der Waals surface area contributed by atoms with Gasteiger partial charge in [-0.05, 0) is 50.4 Å². The Hall–Kier alpha value is -1.62. The number of H-pyrrole nitrogens is 1. The lowest BCUT2D eigenvalue weighted by molar-refractivity contribution is 0.172. The maximum atomic E-state index is 13.3. The Balaban J connectivity index is 1.61. The number of nitrogens with zero attached hydrogens (tertiary/aromatic N) is 2. The molecule has 1 aromatic carbocycles. The Labute approximate surface area is 123 Å². The highest BCUT2D eigenvalue weighted by Crippen LogP contribution is 2.37. The number of anilines is 1. The number of hydrogen-bond acceptors (Lipinski definition) is 3. The number of aromatic amines is 1. The number of benzene rings is 1. The van der Waals surface area contributed by atoms with Gasteiger partial charge >= 0.3 is 0 Å². The molecule has 2 N–H and O–H groups in total. The molecule has 2 fully saturated rings. The molecule has 1 unspecified atom stereocenters. The lowest BCUT2D eigenvalue weighted by Gasteiger charge is -2.45. The molecule has 2 aromatic rings. The van der Waals surface area contributed by atoms with Crippen LogP contribution in [0.25, 0.3) is 11.0 Å². The van der Waals surface area contributed by atoms with E-state index in [0.717, 1.165) is 43.2 Å². The van der Waals surface area contributed by atoms with Gasteiger partial charge in [0.25, 0.3) is 0 Å². The van der Waals surface area contributed by atoms with Gasteiger partial charge in [0.05, 0.1) is 11.0 Å². The van der Waals surface area contributed by atoms with E-state index in [-0.39, 0.29) is 5.82 Å². The van der Waals surface area contributed by atoms with E-state index in [1.165, 1.54) is 37.8 Å². The smallest absolute Gasteiger partial charge is 0.203 e. The second-order valence-corrected chi connectivity index (χ2v) is 6.53. The number of piperidine rings is 2. The number of hydrogen-bond donors (Lipinski definition) is 2. The molecule has 21 heavy (non-hydrogen) atoms. The highest BCUT2D eigenvalue weighted by Gasteiger charge is 2.37. The Kier molecular flexibility index (Phi) is 3.10. The van der Waals surface area contributed by atoms with Crippen molar-refractivity contribution in [3.05, 3.63) is 24.0 Å². The minimum Gasteiger partial charge on any atom is -0.342 e. The summed E-state index contributed by atoms with van der Waals surface area (Å²) in [5.74, 6) is 0.671. The van der Waals surface area contributed by atoms with Crippen molar-refractivity contribution in [3.8, 4) is 0 Å². The van der Waals surface area contributed by atoms with Gasteiger partial charge in [-0.2, -0.15) is 0 Å². The Morgan fingerprint density at radius 3 is 3.00 bits per heavy atom. The molecule has 1 atom stereocenters. The molecule has 1 spiro atoms. The van der Waals surface area contributed by atoms with Crippen LogP contribution in [0.15, 0.2) is 18.2 Å². The van der Waals surface area contributed by atoms with Crippen LogP contribution in [-0.2, 0) is 0 Å². The first-order valence-electron chi connectivity index (χ1n) is 7.85. The summed E-state index contributed by atoms with van der Waals surface area (Å²) < 4.78 is 13.3. The van der Waals surface area contributed by atoms with Crippen LogP contribution in [0.1, 0.15) is 25.7 Å². The molecule has 3 heterocycles. The van der Waals surface area contributed by atoms with Crippen molar-refractivity contribution in [1.29, 1.82) is 0 Å². The molecular weight excluding hydrogens is 267 g/mol. The number of rotatable bonds is 1. The van der Waals surface area contributed by atoms with Gasteiger partial charge in [0.1, 0.15) is 5.82 Å². The minimum atomic E-state index is -0.218. The summed E-state index contributed by atoms with van der Waals surface area (Å²) in [5.41, 5.74) is 2.01. The molecule has 112 valence electrons. The van der Waals surface area contributed by atoms with Crippen molar-refractivity contribution < 1.29 is 4.39 Å². The van der Waals surface area contributed by atoms with Crippen molar-refractivity contribution >= 4 is 17.0 Å². The third-order valence-corrected chi connectivity index (χ3v) is 4.95. The zero-order valence-corrected chi connectivity index (χ0v) is 12.2. The summed E-state index contributed by atoms with van der Waals surface area (Å²) >= 11 is 0. The number of halogens is 1. The second-order valence-electron chi connectivity index (χ2n) is 6.53. The maximum absolute atomic E-state index is 13.3. The third kappa shape index (κ3) is 2.39. The van der Waals surface area contributed by atoms with E-state index >= 15 is 0 Å². The van der Waals surface area contributed by atoms with Crippen LogP contribution in [0.3, 0.4) is 0 Å². The SMILES string of the molecule is Fc1ccc2nc(N3CCCC4(CCCNC4)C3)[nH]c2c1. The van der Waals surface area contributed by atoms with Gasteiger partial charge in [-0.1, -0.05) is 0 Å². The third-order valence-electron chi connectivity index (χ3n) is 4.95. The zero-order chi connectivity index (χ0) is 14.3. The molecule has 0 amide bonds. The fraction of sp³-hybridized carbons (Fsp3) is 0.562. The molecule has 2 aliphatic heterocycles. The van der Waals surface area contributed by atoms with Crippen molar-refractivity contribution in [1.82, 2.24) is 15.3 Å². The summed E-state index contributed by atoms with van der Waals surface area (Å²) in [6, 6.07) is 4.73. The lowest BCUT2D eigenvalue weighted by Crippen LogP contribution is -2.51. The van der Waals surface area contributed by atoms with Crippen molar-refractivity contribution in [2.75, 3.05) is 31.1 Å². The highest BCUT2D eigenvalue weighted by molar-refractivity contribution is 5.77. The van der Waals surface area contributed by atoms with E-state index in [9.17, 15) is 4.39 Å². The average molecular weight is 288 g/mol. The van der Waals surface area contributed by atoms with Crippen LogP contribution < -0.4 is 10.2 Å². The fourth-order valence-corrected chi connectivity index (χ4v) is 3.89. The van der Waals surface area contributed by atoms with Crippen molar-refractivity contribution in [3.63, 3.8) is 0 Å². The number of nitrogens with one attached hydrogen (secondary N) is 2. The molecule has 0 radical (unpaired) electrons. The van der Waals surface area contributed by atoms with Crippen LogP contribution in [0.4, 0.5) is 10.3 Å². The first-order valence-corrected chi connectivity index (χ1v) is 7.85. The molecule has 0 aliphatic carbocycles. The van der Waals surface area contributed by atoms with Gasteiger partial charge < -0.3 is 15.2 Å². The zero-order valence-electron chi connectivity index (χ0n) is 12.2. The summed E-state index contributed by atoms with van der Waals surface area (Å²) in [6.45, 7) is 4.33. The largest absolute Gasteiger partial charge is 0.342 e. The molecular formula is C16H21FN4. The Morgan fingerprint density at radius 1 is 1.24 bits per heavy atom. The number of aromatic nitrogens is 2. The number of imidazole rings is 1. The van der Waals surface area contributed by atoms with Crippen LogP contribution in [0, 0.1) is 11.2 Å². The van der Waals surface area contributed by atoms with Crippen molar-refractivity contribution in [2.24, 2.45) is 5.41 Å². The lowest BCUT2D eigenvalue weighted by atomic mass is 9.74. The van der Waals surface area contributed by atoms with Crippen LogP contribution in [0.2, 0.25) is 0 Å². The minimum absolute atomic E-state index is 0.218. The normalized spacial score (nSPS) is 26.6. The van der Waals surface area contributed by atoms with E-state index in [2.05, 4.69) is 20.2 Å². The number of fused-ring (bicyclic) bond motifs is 1. The van der Waals surface area contributed by atoms with Gasteiger partial charge in [0.15, 0.2) is 0 Å². The second kappa shape index (κ2) is 4.98. The Bertz CT molecular complexity index is 639. The van der Waals surface area contributed by atoms with Gasteiger partial charge in [-0.15, -0.1) is 0 Å². The topological polar surface area (TPSA) is 44.0 Å². The monoisotopic (exact) mass is 288 g/mol. The van der Waals surface area contributed by atoms with Crippen molar-refractivity contribution in [2.45, 2.75) is 25.7 Å². The maximum Gasteiger partial charge on any atom is 0.203 e. The molecule has 4 nitrogen and oxygen atoms in total. The standard InChI is InChI=1S/C16H21FN4/c17-12-3-4-13-14(9-12)20-15(19-13)21-8-2-6-16(11-21)5-1-7-18-10-16/h3-4,9,18H,1-2,5-8,10-11H2,(H,19,20). The fourth-order valence-electron chi connectivity index (χ4n) is 3.89. The van der Waals surface area contributed by atoms with Gasteiger partial charge in [-0.25, -0.2) is 9.37 Å². The summed E-state index contributed by atoms with van der Waals surface area (Å²) in [4.78, 5) is 10.3. The average Bonchev–Trinajstić information content (AvgIpc) is 2.91. The van der Waals surface area contributed by atoms with Gasteiger partial charge in [0, 0.05) is 25.0 Å². The Morgan fingerprint density at radius 2 is 2.14 bits per heavy atom. The van der Waals surface area contributed by atoms with Crippen LogP contribution in [-0.4, -0.2) is 36.1 Å². The predicted octanol–water partition coefficient (Wildman–Crippen LogP) is 2.67. The molecule has 1 aromatic heterocycles. The highest BCUT2D eigenvalue weighted by atomic mass is 19.1. The van der Waals surface area contributed by atoms with E-state index in [0.29, 0.717) is 5.41 Å². The van der Waals surface area contributed by atoms with Gasteiger partial charge in [-0.3, -0.25) is 0 Å². The van der Waals surface area contributed by atoms with E-state index in [4.69, 9.17) is 0 Å².